The fourth-order valence-electron chi connectivity index (χ4n) is 3.27. The highest BCUT2D eigenvalue weighted by atomic mass is 19.1. The van der Waals surface area contributed by atoms with Crippen molar-refractivity contribution in [2.24, 2.45) is 0 Å². The van der Waals surface area contributed by atoms with E-state index >= 15 is 0 Å². The van der Waals surface area contributed by atoms with Gasteiger partial charge >= 0.3 is 0 Å². The second-order valence-electron chi connectivity index (χ2n) is 7.73. The van der Waals surface area contributed by atoms with E-state index in [0.29, 0.717) is 28.6 Å². The lowest BCUT2D eigenvalue weighted by molar-refractivity contribution is 0.0547. The molecule has 0 saturated carbocycles. The molecule has 4 aromatic rings. The molecule has 30 heavy (non-hydrogen) atoms. The van der Waals surface area contributed by atoms with Crippen molar-refractivity contribution in [1.29, 1.82) is 0 Å². The van der Waals surface area contributed by atoms with Gasteiger partial charge in [0.05, 0.1) is 23.9 Å². The highest BCUT2D eigenvalue weighted by Crippen LogP contribution is 2.32. The zero-order chi connectivity index (χ0) is 21.3. The van der Waals surface area contributed by atoms with Crippen LogP contribution in [0.2, 0.25) is 0 Å². The standard InChI is InChI=1S/C23H22FN3O3/c1-23(2,29)10-11-30-19-9-8-15(12-18(19)24)17-13-27(16-6-4-3-5-7-16)21-20(17)22(28)26-14-25-21/h3-9,12-14,29H,10-11H2,1-2H3,(H,25,26,28). The van der Waals surface area contributed by atoms with Crippen LogP contribution in [0.25, 0.3) is 27.8 Å². The Morgan fingerprint density at radius 3 is 2.67 bits per heavy atom. The summed E-state index contributed by atoms with van der Waals surface area (Å²) < 4.78 is 22.0. The minimum absolute atomic E-state index is 0.0989. The Kier molecular flexibility index (Phi) is 5.13. The number of nitrogens with one attached hydrogen (secondary N) is 1. The summed E-state index contributed by atoms with van der Waals surface area (Å²) in [5.74, 6) is -0.439. The first-order valence-electron chi connectivity index (χ1n) is 9.63. The molecule has 2 aromatic carbocycles. The zero-order valence-corrected chi connectivity index (χ0v) is 16.7. The molecule has 2 N–H and O–H groups in total. The van der Waals surface area contributed by atoms with E-state index < -0.39 is 11.4 Å². The largest absolute Gasteiger partial charge is 0.490 e. The van der Waals surface area contributed by atoms with Gasteiger partial charge < -0.3 is 19.4 Å². The van der Waals surface area contributed by atoms with Crippen molar-refractivity contribution in [1.82, 2.24) is 14.5 Å². The number of aromatic amines is 1. The number of aromatic nitrogens is 3. The predicted molar refractivity (Wildman–Crippen MR) is 113 cm³/mol. The van der Waals surface area contributed by atoms with E-state index in [-0.39, 0.29) is 17.9 Å². The summed E-state index contributed by atoms with van der Waals surface area (Å²) in [6.07, 6.45) is 3.51. The van der Waals surface area contributed by atoms with Crippen LogP contribution in [0, 0.1) is 5.82 Å². The zero-order valence-electron chi connectivity index (χ0n) is 16.7. The van der Waals surface area contributed by atoms with Crippen LogP contribution in [0.3, 0.4) is 0 Å². The van der Waals surface area contributed by atoms with Gasteiger partial charge in [-0.2, -0.15) is 0 Å². The number of nitrogens with zero attached hydrogens (tertiary/aromatic N) is 2. The maximum absolute atomic E-state index is 14.7. The SMILES string of the molecule is CC(C)(O)CCOc1ccc(-c2cn(-c3ccccc3)c3nc[nH]c(=O)c23)cc1F. The number of aliphatic hydroxyl groups is 1. The molecule has 0 saturated heterocycles. The van der Waals surface area contributed by atoms with Gasteiger partial charge in [0, 0.05) is 23.9 Å². The molecule has 2 aromatic heterocycles. The molecule has 0 fully saturated rings. The average Bonchev–Trinajstić information content (AvgIpc) is 3.10. The Balaban J connectivity index is 1.75. The first kappa shape index (κ1) is 19.8. The third-order valence-electron chi connectivity index (χ3n) is 4.84. The molecule has 0 amide bonds. The second-order valence-corrected chi connectivity index (χ2v) is 7.73. The highest BCUT2D eigenvalue weighted by Gasteiger charge is 2.18. The number of hydrogen-bond donors (Lipinski definition) is 2. The van der Waals surface area contributed by atoms with E-state index in [0.717, 1.165) is 5.69 Å². The maximum atomic E-state index is 14.7. The topological polar surface area (TPSA) is 80.1 Å². The predicted octanol–water partition coefficient (Wildman–Crippen LogP) is 4.06. The third kappa shape index (κ3) is 3.97. The summed E-state index contributed by atoms with van der Waals surface area (Å²) in [4.78, 5) is 19.5. The number of ether oxygens (including phenoxy) is 1. The van der Waals surface area contributed by atoms with Crippen LogP contribution >= 0.6 is 0 Å². The molecule has 4 rings (SSSR count). The van der Waals surface area contributed by atoms with Crippen molar-refractivity contribution >= 4 is 11.0 Å². The Bertz CT molecular complexity index is 1240. The van der Waals surface area contributed by atoms with Crippen LogP contribution in [0.1, 0.15) is 20.3 Å². The molecule has 0 spiro atoms. The molecule has 6 nitrogen and oxygen atoms in total. The monoisotopic (exact) mass is 407 g/mol. The van der Waals surface area contributed by atoms with Gasteiger partial charge in [0.15, 0.2) is 17.2 Å². The molecule has 0 radical (unpaired) electrons. The minimum atomic E-state index is -0.885. The van der Waals surface area contributed by atoms with Crippen molar-refractivity contribution < 1.29 is 14.2 Å². The van der Waals surface area contributed by atoms with Crippen LogP contribution in [-0.2, 0) is 0 Å². The van der Waals surface area contributed by atoms with Crippen molar-refractivity contribution in [3.8, 4) is 22.6 Å². The van der Waals surface area contributed by atoms with E-state index in [1.807, 2.05) is 34.9 Å². The van der Waals surface area contributed by atoms with Gasteiger partial charge in [0.2, 0.25) is 0 Å². The number of para-hydroxylation sites is 1. The minimum Gasteiger partial charge on any atom is -0.490 e. The first-order valence-corrected chi connectivity index (χ1v) is 9.63. The van der Waals surface area contributed by atoms with E-state index in [1.165, 1.54) is 18.5 Å². The van der Waals surface area contributed by atoms with Gasteiger partial charge in [0.1, 0.15) is 0 Å². The lowest BCUT2D eigenvalue weighted by atomic mass is 10.1. The van der Waals surface area contributed by atoms with Gasteiger partial charge in [-0.3, -0.25) is 4.79 Å². The van der Waals surface area contributed by atoms with Gasteiger partial charge in [-0.1, -0.05) is 24.3 Å². The quantitative estimate of drug-likeness (QED) is 0.505. The molecule has 0 unspecified atom stereocenters. The van der Waals surface area contributed by atoms with Crippen molar-refractivity contribution in [2.75, 3.05) is 6.61 Å². The van der Waals surface area contributed by atoms with Crippen molar-refractivity contribution in [3.05, 3.63) is 77.2 Å². The highest BCUT2D eigenvalue weighted by molar-refractivity contribution is 5.94. The van der Waals surface area contributed by atoms with Crippen LogP contribution < -0.4 is 10.3 Å². The second kappa shape index (κ2) is 7.76. The number of H-pyrrole nitrogens is 1. The molecule has 0 bridgehead atoms. The molecular formula is C23H22FN3O3. The number of hydrogen-bond acceptors (Lipinski definition) is 4. The fraction of sp³-hybridized carbons (Fsp3) is 0.217. The molecule has 0 aliphatic rings. The molecule has 0 aliphatic carbocycles. The number of benzene rings is 2. The number of rotatable bonds is 6. The maximum Gasteiger partial charge on any atom is 0.260 e. The first-order chi connectivity index (χ1) is 14.3. The van der Waals surface area contributed by atoms with Crippen LogP contribution in [-0.4, -0.2) is 31.8 Å². The van der Waals surface area contributed by atoms with Crippen LogP contribution in [0.5, 0.6) is 5.75 Å². The fourth-order valence-corrected chi connectivity index (χ4v) is 3.27. The lowest BCUT2D eigenvalue weighted by Crippen LogP contribution is -2.21. The Morgan fingerprint density at radius 2 is 1.97 bits per heavy atom. The Labute approximate surface area is 172 Å². The summed E-state index contributed by atoms with van der Waals surface area (Å²) >= 11 is 0. The Morgan fingerprint density at radius 1 is 1.20 bits per heavy atom. The lowest BCUT2D eigenvalue weighted by Gasteiger charge is -2.17. The Hall–Kier alpha value is -3.45. The summed E-state index contributed by atoms with van der Waals surface area (Å²) in [5, 5.41) is 10.2. The number of fused-ring (bicyclic) bond motifs is 1. The summed E-state index contributed by atoms with van der Waals surface area (Å²) in [5.41, 5.74) is 1.27. The van der Waals surface area contributed by atoms with Gasteiger partial charge in [-0.15, -0.1) is 0 Å². The van der Waals surface area contributed by atoms with Crippen molar-refractivity contribution in [2.45, 2.75) is 25.9 Å². The molecule has 0 atom stereocenters. The van der Waals surface area contributed by atoms with E-state index in [4.69, 9.17) is 4.74 Å². The van der Waals surface area contributed by atoms with Gasteiger partial charge in [0.25, 0.3) is 5.56 Å². The van der Waals surface area contributed by atoms with Gasteiger partial charge in [-0.05, 0) is 43.7 Å². The van der Waals surface area contributed by atoms with Gasteiger partial charge in [-0.25, -0.2) is 9.37 Å². The molecular weight excluding hydrogens is 385 g/mol. The van der Waals surface area contributed by atoms with E-state index in [2.05, 4.69) is 9.97 Å². The molecule has 0 aliphatic heterocycles. The number of halogens is 1. The summed E-state index contributed by atoms with van der Waals surface area (Å²) in [6, 6.07) is 14.1. The molecule has 2 heterocycles. The smallest absolute Gasteiger partial charge is 0.260 e. The molecule has 154 valence electrons. The average molecular weight is 407 g/mol. The van der Waals surface area contributed by atoms with E-state index in [1.54, 1.807) is 26.1 Å². The summed E-state index contributed by atoms with van der Waals surface area (Å²) in [7, 11) is 0. The normalized spacial score (nSPS) is 11.7. The van der Waals surface area contributed by atoms with E-state index in [9.17, 15) is 14.3 Å². The van der Waals surface area contributed by atoms with Crippen LogP contribution in [0.4, 0.5) is 4.39 Å². The van der Waals surface area contributed by atoms with Crippen molar-refractivity contribution in [3.63, 3.8) is 0 Å². The van der Waals surface area contributed by atoms with Crippen LogP contribution in [0.15, 0.2) is 65.8 Å². The molecule has 7 heteroatoms. The summed E-state index contributed by atoms with van der Waals surface area (Å²) in [6.45, 7) is 3.53. The third-order valence-corrected chi connectivity index (χ3v) is 4.84.